The molecule has 1 rings (SSSR count). The molecular formula is C16H21NO5. The summed E-state index contributed by atoms with van der Waals surface area (Å²) in [5.41, 5.74) is 0.947. The van der Waals surface area contributed by atoms with Crippen LogP contribution in [0.15, 0.2) is 30.3 Å². The second-order valence-electron chi connectivity index (χ2n) is 5.11. The summed E-state index contributed by atoms with van der Waals surface area (Å²) in [6.07, 6.45) is 1.15. The van der Waals surface area contributed by atoms with Crippen LogP contribution in [0.2, 0.25) is 0 Å². The highest BCUT2D eigenvalue weighted by atomic mass is 16.4. The number of carboxylic acid groups (broad SMARTS) is 2. The molecule has 0 saturated heterocycles. The summed E-state index contributed by atoms with van der Waals surface area (Å²) >= 11 is 0. The van der Waals surface area contributed by atoms with Gasteiger partial charge < -0.3 is 15.5 Å². The Morgan fingerprint density at radius 2 is 1.73 bits per heavy atom. The summed E-state index contributed by atoms with van der Waals surface area (Å²) in [5.74, 6) is -2.61. The largest absolute Gasteiger partial charge is 0.481 e. The van der Waals surface area contributed by atoms with Crippen LogP contribution in [0, 0.1) is 5.92 Å². The average Bonchev–Trinajstić information content (AvgIpc) is 2.46. The number of carbonyl (C=O) groups excluding carboxylic acids is 1. The van der Waals surface area contributed by atoms with Crippen LogP contribution >= 0.6 is 0 Å². The lowest BCUT2D eigenvalue weighted by atomic mass is 9.96. The lowest BCUT2D eigenvalue weighted by molar-refractivity contribution is -0.142. The van der Waals surface area contributed by atoms with Crippen molar-refractivity contribution < 1.29 is 24.6 Å². The minimum atomic E-state index is -0.929. The van der Waals surface area contributed by atoms with Gasteiger partial charge in [-0.25, -0.2) is 0 Å². The maximum Gasteiger partial charge on any atom is 0.306 e. The highest BCUT2D eigenvalue weighted by molar-refractivity contribution is 5.76. The Kier molecular flexibility index (Phi) is 7.67. The number of hydrogen-bond acceptors (Lipinski definition) is 3. The summed E-state index contributed by atoms with van der Waals surface area (Å²) in [6, 6.07) is 9.34. The van der Waals surface area contributed by atoms with E-state index in [2.05, 4.69) is 5.32 Å². The Hall–Kier alpha value is -2.37. The molecule has 0 fully saturated rings. The third kappa shape index (κ3) is 7.42. The van der Waals surface area contributed by atoms with Crippen molar-refractivity contribution in [2.75, 3.05) is 6.54 Å². The van der Waals surface area contributed by atoms with Gasteiger partial charge in [-0.3, -0.25) is 14.4 Å². The number of carboxylic acids is 2. The van der Waals surface area contributed by atoms with Crippen LogP contribution in [0.25, 0.3) is 0 Å². The summed E-state index contributed by atoms with van der Waals surface area (Å²) in [6.45, 7) is 0.274. The van der Waals surface area contributed by atoms with Gasteiger partial charge in [0.05, 0.1) is 5.92 Å². The van der Waals surface area contributed by atoms with Crippen molar-refractivity contribution in [3.05, 3.63) is 35.9 Å². The normalized spacial score (nSPS) is 11.6. The Labute approximate surface area is 129 Å². The fraction of sp³-hybridized carbons (Fsp3) is 0.438. The maximum atomic E-state index is 11.5. The van der Waals surface area contributed by atoms with Crippen molar-refractivity contribution in [1.82, 2.24) is 5.32 Å². The van der Waals surface area contributed by atoms with Gasteiger partial charge in [-0.1, -0.05) is 30.3 Å². The second-order valence-corrected chi connectivity index (χ2v) is 5.11. The Bertz CT molecular complexity index is 501. The molecule has 0 saturated carbocycles. The molecule has 1 aromatic carbocycles. The molecule has 0 heterocycles. The zero-order chi connectivity index (χ0) is 16.4. The van der Waals surface area contributed by atoms with Gasteiger partial charge in [0, 0.05) is 19.4 Å². The first-order valence-electron chi connectivity index (χ1n) is 7.24. The number of nitrogens with one attached hydrogen (secondary N) is 1. The summed E-state index contributed by atoms with van der Waals surface area (Å²) < 4.78 is 0. The van der Waals surface area contributed by atoms with E-state index in [4.69, 9.17) is 5.11 Å². The quantitative estimate of drug-likeness (QED) is 0.610. The van der Waals surface area contributed by atoms with Gasteiger partial charge in [-0.2, -0.15) is 0 Å². The molecule has 3 N–H and O–H groups in total. The van der Waals surface area contributed by atoms with Crippen LogP contribution in [0.3, 0.4) is 0 Å². The van der Waals surface area contributed by atoms with Crippen LogP contribution in [0.5, 0.6) is 0 Å². The number of benzene rings is 1. The first kappa shape index (κ1) is 17.7. The Morgan fingerprint density at radius 3 is 2.32 bits per heavy atom. The zero-order valence-corrected chi connectivity index (χ0v) is 12.3. The van der Waals surface area contributed by atoms with E-state index in [1.807, 2.05) is 30.3 Å². The van der Waals surface area contributed by atoms with E-state index in [0.29, 0.717) is 12.8 Å². The van der Waals surface area contributed by atoms with Gasteiger partial charge in [0.1, 0.15) is 0 Å². The summed E-state index contributed by atoms with van der Waals surface area (Å²) in [7, 11) is 0. The fourth-order valence-corrected chi connectivity index (χ4v) is 2.09. The summed E-state index contributed by atoms with van der Waals surface area (Å²) in [4.78, 5) is 33.1. The first-order valence-corrected chi connectivity index (χ1v) is 7.24. The molecule has 22 heavy (non-hydrogen) atoms. The monoisotopic (exact) mass is 307 g/mol. The second kappa shape index (κ2) is 9.55. The van der Waals surface area contributed by atoms with Gasteiger partial charge >= 0.3 is 11.9 Å². The molecule has 0 spiro atoms. The Morgan fingerprint density at radius 1 is 1.05 bits per heavy atom. The van der Waals surface area contributed by atoms with Gasteiger partial charge in [0.25, 0.3) is 0 Å². The van der Waals surface area contributed by atoms with Crippen LogP contribution in [-0.2, 0) is 20.8 Å². The Balaban J connectivity index is 2.31. The maximum absolute atomic E-state index is 11.5. The fourth-order valence-electron chi connectivity index (χ4n) is 2.09. The van der Waals surface area contributed by atoms with Crippen molar-refractivity contribution >= 4 is 17.8 Å². The van der Waals surface area contributed by atoms with Gasteiger partial charge in [0.2, 0.25) is 5.91 Å². The highest BCUT2D eigenvalue weighted by Crippen LogP contribution is 2.12. The van der Waals surface area contributed by atoms with E-state index in [9.17, 15) is 19.5 Å². The standard InChI is InChI=1S/C16H21NO5/c18-14(7-4-8-15(19)20)17-10-9-13(16(21)22)11-12-5-2-1-3-6-12/h1-3,5-6,13H,4,7-11H2,(H,17,18)(H,19,20)(H,21,22). The van der Waals surface area contributed by atoms with E-state index in [0.717, 1.165) is 5.56 Å². The van der Waals surface area contributed by atoms with E-state index in [-0.39, 0.29) is 31.7 Å². The molecule has 0 aliphatic heterocycles. The number of amides is 1. The lowest BCUT2D eigenvalue weighted by Crippen LogP contribution is -2.28. The minimum Gasteiger partial charge on any atom is -0.481 e. The number of hydrogen-bond donors (Lipinski definition) is 3. The van der Waals surface area contributed by atoms with Crippen molar-refractivity contribution in [3.8, 4) is 0 Å². The molecule has 0 bridgehead atoms. The van der Waals surface area contributed by atoms with Crippen LogP contribution in [0.4, 0.5) is 0 Å². The van der Waals surface area contributed by atoms with Crippen molar-refractivity contribution in [2.45, 2.75) is 32.1 Å². The van der Waals surface area contributed by atoms with Crippen molar-refractivity contribution in [3.63, 3.8) is 0 Å². The lowest BCUT2D eigenvalue weighted by Gasteiger charge is -2.13. The van der Waals surface area contributed by atoms with Gasteiger partial charge in [-0.15, -0.1) is 0 Å². The van der Waals surface area contributed by atoms with E-state index in [1.165, 1.54) is 0 Å². The van der Waals surface area contributed by atoms with Crippen LogP contribution in [-0.4, -0.2) is 34.6 Å². The molecule has 6 nitrogen and oxygen atoms in total. The molecule has 0 aliphatic rings. The van der Waals surface area contributed by atoms with E-state index < -0.39 is 17.9 Å². The highest BCUT2D eigenvalue weighted by Gasteiger charge is 2.18. The third-order valence-corrected chi connectivity index (χ3v) is 3.28. The predicted octanol–water partition coefficient (Wildman–Crippen LogP) is 1.69. The molecular weight excluding hydrogens is 286 g/mol. The predicted molar refractivity (Wildman–Crippen MR) is 80.4 cm³/mol. The number of rotatable bonds is 10. The van der Waals surface area contributed by atoms with E-state index >= 15 is 0 Å². The smallest absolute Gasteiger partial charge is 0.306 e. The summed E-state index contributed by atoms with van der Waals surface area (Å²) in [5, 5.41) is 20.3. The molecule has 0 radical (unpaired) electrons. The molecule has 1 amide bonds. The molecule has 6 heteroatoms. The topological polar surface area (TPSA) is 104 Å². The van der Waals surface area contributed by atoms with Gasteiger partial charge in [0.15, 0.2) is 0 Å². The molecule has 1 aromatic rings. The van der Waals surface area contributed by atoms with Gasteiger partial charge in [-0.05, 0) is 24.8 Å². The molecule has 0 aromatic heterocycles. The third-order valence-electron chi connectivity index (χ3n) is 3.28. The SMILES string of the molecule is O=C(O)CCCC(=O)NCCC(Cc1ccccc1)C(=O)O. The molecule has 120 valence electrons. The minimum absolute atomic E-state index is 0.0425. The van der Waals surface area contributed by atoms with Crippen molar-refractivity contribution in [1.29, 1.82) is 0 Å². The zero-order valence-electron chi connectivity index (χ0n) is 12.3. The van der Waals surface area contributed by atoms with Crippen LogP contribution < -0.4 is 5.32 Å². The molecule has 1 unspecified atom stereocenters. The average molecular weight is 307 g/mol. The molecule has 1 atom stereocenters. The van der Waals surface area contributed by atoms with Crippen molar-refractivity contribution in [2.24, 2.45) is 5.92 Å². The van der Waals surface area contributed by atoms with E-state index in [1.54, 1.807) is 0 Å². The van der Waals surface area contributed by atoms with Crippen LogP contribution in [0.1, 0.15) is 31.2 Å². The number of carbonyl (C=O) groups is 3. The first-order chi connectivity index (χ1) is 10.5. The number of aliphatic carboxylic acids is 2. The molecule has 0 aliphatic carbocycles.